The highest BCUT2D eigenvalue weighted by atomic mass is 16.3. The fourth-order valence-electron chi connectivity index (χ4n) is 2.09. The highest BCUT2D eigenvalue weighted by Gasteiger charge is 2.02. The highest BCUT2D eigenvalue weighted by Crippen LogP contribution is 2.18. The van der Waals surface area contributed by atoms with Gasteiger partial charge in [0.2, 0.25) is 5.95 Å². The zero-order valence-electron chi connectivity index (χ0n) is 12.8. The average molecular weight is 317 g/mol. The highest BCUT2D eigenvalue weighted by molar-refractivity contribution is 5.60. The van der Waals surface area contributed by atoms with Crippen LogP contribution in [0.4, 0.5) is 23.1 Å². The lowest BCUT2D eigenvalue weighted by Crippen LogP contribution is -2.00. The quantitative estimate of drug-likeness (QED) is 0.668. The summed E-state index contributed by atoms with van der Waals surface area (Å²) in [6, 6.07) is 18.4. The second kappa shape index (κ2) is 7.22. The van der Waals surface area contributed by atoms with E-state index in [0.29, 0.717) is 17.3 Å². The van der Waals surface area contributed by atoms with Crippen LogP contribution >= 0.6 is 0 Å². The van der Waals surface area contributed by atoms with Crippen molar-refractivity contribution in [1.29, 1.82) is 5.26 Å². The molecule has 0 unspecified atom stereocenters. The van der Waals surface area contributed by atoms with Crippen molar-refractivity contribution in [2.45, 2.75) is 6.61 Å². The van der Waals surface area contributed by atoms with Crippen molar-refractivity contribution < 1.29 is 5.11 Å². The van der Waals surface area contributed by atoms with Crippen molar-refractivity contribution in [3.05, 3.63) is 71.9 Å². The minimum absolute atomic E-state index is 0.0203. The molecule has 0 amide bonds. The van der Waals surface area contributed by atoms with Gasteiger partial charge >= 0.3 is 0 Å². The first-order chi connectivity index (χ1) is 11.8. The molecule has 1 aromatic heterocycles. The van der Waals surface area contributed by atoms with E-state index in [1.807, 2.05) is 24.3 Å². The maximum absolute atomic E-state index is 9.06. The summed E-state index contributed by atoms with van der Waals surface area (Å²) in [5.41, 5.74) is 3.13. The molecular formula is C18H15N5O. The molecule has 6 heteroatoms. The Morgan fingerprint density at radius 1 is 0.917 bits per heavy atom. The number of nitrogens with zero attached hydrogens (tertiary/aromatic N) is 3. The predicted molar refractivity (Wildman–Crippen MR) is 92.1 cm³/mol. The summed E-state index contributed by atoms with van der Waals surface area (Å²) in [5.74, 6) is 1.11. The molecule has 118 valence electrons. The van der Waals surface area contributed by atoms with Crippen LogP contribution in [0, 0.1) is 11.3 Å². The third-order valence-corrected chi connectivity index (χ3v) is 3.33. The van der Waals surface area contributed by atoms with Gasteiger partial charge in [-0.25, -0.2) is 4.98 Å². The predicted octanol–water partition coefficient (Wildman–Crippen LogP) is 3.33. The monoisotopic (exact) mass is 317 g/mol. The van der Waals surface area contributed by atoms with E-state index in [2.05, 4.69) is 26.7 Å². The summed E-state index contributed by atoms with van der Waals surface area (Å²) < 4.78 is 0. The number of hydrogen-bond donors (Lipinski definition) is 3. The number of nitrogens with one attached hydrogen (secondary N) is 2. The number of aliphatic hydroxyl groups is 1. The first kappa shape index (κ1) is 15.5. The van der Waals surface area contributed by atoms with E-state index in [0.717, 1.165) is 16.9 Å². The Hall–Kier alpha value is -3.43. The summed E-state index contributed by atoms with van der Waals surface area (Å²) in [5, 5.41) is 24.1. The lowest BCUT2D eigenvalue weighted by atomic mass is 10.2. The molecule has 3 aromatic rings. The molecule has 6 nitrogen and oxygen atoms in total. The number of aromatic nitrogens is 2. The van der Waals surface area contributed by atoms with Gasteiger partial charge < -0.3 is 15.7 Å². The number of anilines is 4. The number of benzene rings is 2. The van der Waals surface area contributed by atoms with E-state index < -0.39 is 0 Å². The number of hydrogen-bond acceptors (Lipinski definition) is 6. The number of aliphatic hydroxyl groups excluding tert-OH is 1. The largest absolute Gasteiger partial charge is 0.392 e. The Bertz CT molecular complexity index is 854. The van der Waals surface area contributed by atoms with Gasteiger partial charge in [-0.1, -0.05) is 12.1 Å². The van der Waals surface area contributed by atoms with Gasteiger partial charge in [0, 0.05) is 17.6 Å². The molecule has 0 saturated carbocycles. The molecule has 0 aliphatic rings. The smallest absolute Gasteiger partial charge is 0.229 e. The van der Waals surface area contributed by atoms with Crippen LogP contribution < -0.4 is 10.6 Å². The van der Waals surface area contributed by atoms with E-state index >= 15 is 0 Å². The van der Waals surface area contributed by atoms with Crippen LogP contribution in [0.5, 0.6) is 0 Å². The van der Waals surface area contributed by atoms with E-state index in [1.54, 1.807) is 36.5 Å². The first-order valence-corrected chi connectivity index (χ1v) is 7.34. The molecule has 0 spiro atoms. The molecule has 0 radical (unpaired) electrons. The van der Waals surface area contributed by atoms with Crippen molar-refractivity contribution in [2.24, 2.45) is 0 Å². The van der Waals surface area contributed by atoms with Crippen molar-refractivity contribution in [1.82, 2.24) is 9.97 Å². The zero-order chi connectivity index (χ0) is 16.8. The third-order valence-electron chi connectivity index (χ3n) is 3.33. The number of rotatable bonds is 5. The SMILES string of the molecule is N#Cc1ccc(Nc2nccc(Nc3ccc(CO)cc3)n2)cc1. The molecule has 2 aromatic carbocycles. The van der Waals surface area contributed by atoms with E-state index in [4.69, 9.17) is 10.4 Å². The molecule has 24 heavy (non-hydrogen) atoms. The van der Waals surface area contributed by atoms with Gasteiger partial charge in [-0.2, -0.15) is 10.2 Å². The fourth-order valence-corrected chi connectivity index (χ4v) is 2.09. The maximum atomic E-state index is 9.06. The molecule has 0 aliphatic carbocycles. The maximum Gasteiger partial charge on any atom is 0.229 e. The van der Waals surface area contributed by atoms with E-state index in [9.17, 15) is 0 Å². The zero-order valence-corrected chi connectivity index (χ0v) is 12.8. The lowest BCUT2D eigenvalue weighted by molar-refractivity contribution is 0.282. The molecule has 3 rings (SSSR count). The van der Waals surface area contributed by atoms with Crippen molar-refractivity contribution in [3.8, 4) is 6.07 Å². The van der Waals surface area contributed by atoms with Crippen LogP contribution in [0.3, 0.4) is 0 Å². The van der Waals surface area contributed by atoms with Gasteiger partial charge in [0.05, 0.1) is 18.2 Å². The summed E-state index contributed by atoms with van der Waals surface area (Å²) in [6.45, 7) is 0.0203. The van der Waals surface area contributed by atoms with Gasteiger partial charge in [0.25, 0.3) is 0 Å². The summed E-state index contributed by atoms with van der Waals surface area (Å²) >= 11 is 0. The minimum Gasteiger partial charge on any atom is -0.392 e. The Balaban J connectivity index is 1.72. The van der Waals surface area contributed by atoms with Crippen molar-refractivity contribution in [3.63, 3.8) is 0 Å². The van der Waals surface area contributed by atoms with E-state index in [1.165, 1.54) is 0 Å². The standard InChI is InChI=1S/C18H15N5O/c19-11-13-1-5-16(6-2-13)22-18-20-10-9-17(23-18)21-15-7-3-14(12-24)4-8-15/h1-10,24H,12H2,(H2,20,21,22,23). The second-order valence-corrected chi connectivity index (χ2v) is 5.06. The average Bonchev–Trinajstić information content (AvgIpc) is 2.63. The minimum atomic E-state index is 0.0203. The second-order valence-electron chi connectivity index (χ2n) is 5.06. The van der Waals surface area contributed by atoms with Crippen LogP contribution in [0.15, 0.2) is 60.8 Å². The molecular weight excluding hydrogens is 302 g/mol. The number of nitriles is 1. The third kappa shape index (κ3) is 3.85. The summed E-state index contributed by atoms with van der Waals surface area (Å²) in [6.07, 6.45) is 1.66. The Morgan fingerprint density at radius 3 is 2.25 bits per heavy atom. The Kier molecular flexibility index (Phi) is 4.65. The van der Waals surface area contributed by atoms with E-state index in [-0.39, 0.29) is 6.61 Å². The Morgan fingerprint density at radius 2 is 1.58 bits per heavy atom. The molecule has 0 bridgehead atoms. The summed E-state index contributed by atoms with van der Waals surface area (Å²) in [4.78, 5) is 8.59. The van der Waals surface area contributed by atoms with Crippen LogP contribution in [-0.2, 0) is 6.61 Å². The van der Waals surface area contributed by atoms with Crippen LogP contribution in [0.25, 0.3) is 0 Å². The molecule has 1 heterocycles. The van der Waals surface area contributed by atoms with Gasteiger partial charge in [-0.05, 0) is 48.0 Å². The van der Waals surface area contributed by atoms with Crippen LogP contribution in [-0.4, -0.2) is 15.1 Å². The van der Waals surface area contributed by atoms with Crippen molar-refractivity contribution in [2.75, 3.05) is 10.6 Å². The summed E-state index contributed by atoms with van der Waals surface area (Å²) in [7, 11) is 0. The normalized spacial score (nSPS) is 10.0. The lowest BCUT2D eigenvalue weighted by Gasteiger charge is -2.09. The molecule has 0 saturated heterocycles. The molecule has 0 atom stereocenters. The molecule has 0 aliphatic heterocycles. The van der Waals surface area contributed by atoms with Crippen LogP contribution in [0.1, 0.15) is 11.1 Å². The van der Waals surface area contributed by atoms with Gasteiger partial charge in [-0.3, -0.25) is 0 Å². The molecule has 3 N–H and O–H groups in total. The van der Waals surface area contributed by atoms with Gasteiger partial charge in [0.1, 0.15) is 5.82 Å². The van der Waals surface area contributed by atoms with Gasteiger partial charge in [-0.15, -0.1) is 0 Å². The van der Waals surface area contributed by atoms with Crippen LogP contribution in [0.2, 0.25) is 0 Å². The molecule has 0 fully saturated rings. The van der Waals surface area contributed by atoms with Crippen molar-refractivity contribution >= 4 is 23.1 Å². The topological polar surface area (TPSA) is 93.9 Å². The Labute approximate surface area is 139 Å². The fraction of sp³-hybridized carbons (Fsp3) is 0.0556. The first-order valence-electron chi connectivity index (χ1n) is 7.34. The van der Waals surface area contributed by atoms with Gasteiger partial charge in [0.15, 0.2) is 0 Å².